The number of hydrogen-bond donors (Lipinski definition) is 2. The number of allylic oxidation sites excluding steroid dienone is 1. The summed E-state index contributed by atoms with van der Waals surface area (Å²) in [6.07, 6.45) is 1.05. The normalized spacial score (nSPS) is 21.8. The highest BCUT2D eigenvalue weighted by Gasteiger charge is 2.43. The SMILES string of the molecule is CC(=O)CNC(=O)/C(NC(=O)OC(C)(C)C)=C1/CC[C@@H]2CN12. The van der Waals surface area contributed by atoms with E-state index in [1.807, 2.05) is 0 Å². The number of carbonyl (C=O) groups excluding carboxylic acids is 3. The maximum absolute atomic E-state index is 12.3. The Labute approximate surface area is 130 Å². The van der Waals surface area contributed by atoms with E-state index in [1.165, 1.54) is 6.92 Å². The topological polar surface area (TPSA) is 87.5 Å². The van der Waals surface area contributed by atoms with E-state index in [1.54, 1.807) is 20.8 Å². The first-order valence-corrected chi connectivity index (χ1v) is 7.45. The zero-order chi connectivity index (χ0) is 16.5. The van der Waals surface area contributed by atoms with Gasteiger partial charge in [0.1, 0.15) is 17.1 Å². The van der Waals surface area contributed by atoms with E-state index < -0.39 is 17.6 Å². The third-order valence-corrected chi connectivity index (χ3v) is 3.42. The molecule has 1 atom stereocenters. The smallest absolute Gasteiger partial charge is 0.412 e. The second-order valence-electron chi connectivity index (χ2n) is 6.68. The lowest BCUT2D eigenvalue weighted by Gasteiger charge is -2.21. The molecule has 2 rings (SSSR count). The van der Waals surface area contributed by atoms with Crippen LogP contribution in [0.3, 0.4) is 0 Å². The van der Waals surface area contributed by atoms with Crippen molar-refractivity contribution in [1.29, 1.82) is 0 Å². The Balaban J connectivity index is 2.11. The first-order valence-electron chi connectivity index (χ1n) is 7.45. The second-order valence-corrected chi connectivity index (χ2v) is 6.68. The van der Waals surface area contributed by atoms with Crippen LogP contribution in [0.2, 0.25) is 0 Å². The van der Waals surface area contributed by atoms with Crippen molar-refractivity contribution in [2.45, 2.75) is 52.2 Å². The Kier molecular flexibility index (Phi) is 4.44. The Morgan fingerprint density at radius 1 is 1.32 bits per heavy atom. The number of piperidine rings is 1. The Morgan fingerprint density at radius 3 is 2.45 bits per heavy atom. The van der Waals surface area contributed by atoms with Gasteiger partial charge in [0, 0.05) is 18.3 Å². The van der Waals surface area contributed by atoms with Crippen LogP contribution in [0.5, 0.6) is 0 Å². The van der Waals surface area contributed by atoms with Crippen molar-refractivity contribution in [3.8, 4) is 0 Å². The van der Waals surface area contributed by atoms with Crippen molar-refractivity contribution >= 4 is 17.8 Å². The predicted octanol–water partition coefficient (Wildman–Crippen LogP) is 0.906. The van der Waals surface area contributed by atoms with Crippen LogP contribution in [0.25, 0.3) is 0 Å². The Morgan fingerprint density at radius 2 is 2.00 bits per heavy atom. The highest BCUT2D eigenvalue weighted by Crippen LogP contribution is 2.39. The molecule has 0 aromatic rings. The van der Waals surface area contributed by atoms with Gasteiger partial charge in [0.2, 0.25) is 0 Å². The Hall–Kier alpha value is -2.05. The molecule has 2 heterocycles. The molecule has 2 aliphatic rings. The summed E-state index contributed by atoms with van der Waals surface area (Å²) in [5.41, 5.74) is 0.362. The average molecular weight is 309 g/mol. The number of ketones is 1. The van der Waals surface area contributed by atoms with Crippen molar-refractivity contribution in [3.05, 3.63) is 11.4 Å². The van der Waals surface area contributed by atoms with Crippen LogP contribution in [0.15, 0.2) is 11.4 Å². The molecule has 2 saturated heterocycles. The molecule has 122 valence electrons. The number of amides is 2. The lowest BCUT2D eigenvalue weighted by Crippen LogP contribution is -2.40. The standard InChI is InChI=1S/C15H23N3O4/c1-9(19)7-16-13(20)12(11-6-5-10-8-18(10)11)17-14(21)22-15(2,3)4/h10H,5-8H2,1-4H3,(H,16,20)(H,17,21)/b12-11+/t10-,18?/m1/s1. The van der Waals surface area contributed by atoms with E-state index in [0.717, 1.165) is 25.1 Å². The summed E-state index contributed by atoms with van der Waals surface area (Å²) in [4.78, 5) is 37.3. The van der Waals surface area contributed by atoms with Gasteiger partial charge in [-0.25, -0.2) is 4.79 Å². The summed E-state index contributed by atoms with van der Waals surface area (Å²) in [6.45, 7) is 7.51. The lowest BCUT2D eigenvalue weighted by atomic mass is 10.2. The number of hydrogen-bond acceptors (Lipinski definition) is 5. The summed E-state index contributed by atoms with van der Waals surface area (Å²) < 4.78 is 5.20. The van der Waals surface area contributed by atoms with Crippen LogP contribution in [0, 0.1) is 0 Å². The summed E-state index contributed by atoms with van der Waals surface area (Å²) in [5.74, 6) is -0.602. The third-order valence-electron chi connectivity index (χ3n) is 3.42. The molecule has 2 amide bonds. The molecule has 0 aliphatic carbocycles. The average Bonchev–Trinajstić information content (AvgIpc) is 3.03. The molecule has 2 N–H and O–H groups in total. The van der Waals surface area contributed by atoms with Gasteiger partial charge in [0.25, 0.3) is 5.91 Å². The van der Waals surface area contributed by atoms with Crippen LogP contribution in [-0.2, 0) is 14.3 Å². The van der Waals surface area contributed by atoms with Crippen LogP contribution in [0.4, 0.5) is 4.79 Å². The molecule has 0 unspecified atom stereocenters. The number of nitrogens with one attached hydrogen (secondary N) is 2. The van der Waals surface area contributed by atoms with Crippen molar-refractivity contribution in [2.75, 3.05) is 13.1 Å². The van der Waals surface area contributed by atoms with E-state index in [0.29, 0.717) is 6.04 Å². The minimum Gasteiger partial charge on any atom is -0.444 e. The van der Waals surface area contributed by atoms with Crippen LogP contribution in [-0.4, -0.2) is 47.4 Å². The molecular formula is C15H23N3O4. The minimum atomic E-state index is -0.668. The molecule has 0 saturated carbocycles. The van der Waals surface area contributed by atoms with Gasteiger partial charge in [-0.2, -0.15) is 0 Å². The van der Waals surface area contributed by atoms with Gasteiger partial charge in [-0.05, 0) is 40.5 Å². The van der Waals surface area contributed by atoms with Crippen LogP contribution < -0.4 is 10.6 Å². The van der Waals surface area contributed by atoms with Crippen molar-refractivity contribution in [1.82, 2.24) is 15.5 Å². The molecular weight excluding hydrogens is 286 g/mol. The molecule has 0 aromatic carbocycles. The van der Waals surface area contributed by atoms with Gasteiger partial charge in [0.15, 0.2) is 0 Å². The largest absolute Gasteiger partial charge is 0.444 e. The molecule has 2 aliphatic heterocycles. The molecule has 22 heavy (non-hydrogen) atoms. The summed E-state index contributed by atoms with van der Waals surface area (Å²) in [6, 6.07) is 0.478. The van der Waals surface area contributed by atoms with Gasteiger partial charge >= 0.3 is 6.09 Å². The van der Waals surface area contributed by atoms with Crippen molar-refractivity contribution < 1.29 is 19.1 Å². The van der Waals surface area contributed by atoms with E-state index >= 15 is 0 Å². The first kappa shape index (κ1) is 16.3. The second kappa shape index (κ2) is 5.98. The molecule has 7 nitrogen and oxygen atoms in total. The van der Waals surface area contributed by atoms with E-state index in [9.17, 15) is 14.4 Å². The summed E-state index contributed by atoms with van der Waals surface area (Å²) in [7, 11) is 0. The quantitative estimate of drug-likeness (QED) is 0.595. The molecule has 2 fully saturated rings. The fourth-order valence-corrected chi connectivity index (χ4v) is 2.43. The fourth-order valence-electron chi connectivity index (χ4n) is 2.43. The molecule has 0 aromatic heterocycles. The van der Waals surface area contributed by atoms with Gasteiger partial charge in [-0.15, -0.1) is 0 Å². The Bertz CT molecular complexity index is 533. The number of nitrogens with zero attached hydrogens (tertiary/aromatic N) is 1. The number of rotatable bonds is 4. The van der Waals surface area contributed by atoms with E-state index in [2.05, 4.69) is 15.5 Å². The number of Topliss-reactive ketones (excluding diaryl/α,β-unsaturated/α-hetero) is 1. The fraction of sp³-hybridized carbons (Fsp3) is 0.667. The van der Waals surface area contributed by atoms with Gasteiger partial charge < -0.3 is 15.0 Å². The van der Waals surface area contributed by atoms with E-state index in [4.69, 9.17) is 4.74 Å². The number of carbonyl (C=O) groups is 3. The first-order chi connectivity index (χ1) is 10.2. The zero-order valence-corrected chi connectivity index (χ0v) is 13.5. The number of fused-ring (bicyclic) bond motifs is 1. The molecule has 0 radical (unpaired) electrons. The maximum atomic E-state index is 12.3. The summed E-state index contributed by atoms with van der Waals surface area (Å²) in [5, 5.41) is 5.07. The number of ether oxygens (including phenoxy) is 1. The van der Waals surface area contributed by atoms with Gasteiger partial charge in [-0.1, -0.05) is 0 Å². The minimum absolute atomic E-state index is 0.0605. The third kappa shape index (κ3) is 4.22. The zero-order valence-electron chi connectivity index (χ0n) is 13.5. The van der Waals surface area contributed by atoms with Gasteiger partial charge in [0.05, 0.1) is 6.54 Å². The highest BCUT2D eigenvalue weighted by molar-refractivity contribution is 5.98. The van der Waals surface area contributed by atoms with Crippen LogP contribution in [0.1, 0.15) is 40.5 Å². The molecule has 7 heteroatoms. The predicted molar refractivity (Wildman–Crippen MR) is 79.8 cm³/mol. The number of alkyl carbamates (subject to hydrolysis) is 1. The highest BCUT2D eigenvalue weighted by atomic mass is 16.6. The van der Waals surface area contributed by atoms with Gasteiger partial charge in [-0.3, -0.25) is 14.9 Å². The van der Waals surface area contributed by atoms with Crippen molar-refractivity contribution in [3.63, 3.8) is 0 Å². The van der Waals surface area contributed by atoms with E-state index in [-0.39, 0.29) is 18.0 Å². The summed E-state index contributed by atoms with van der Waals surface area (Å²) >= 11 is 0. The monoisotopic (exact) mass is 309 g/mol. The van der Waals surface area contributed by atoms with Crippen molar-refractivity contribution in [2.24, 2.45) is 0 Å². The molecule has 0 bridgehead atoms. The van der Waals surface area contributed by atoms with Crippen LogP contribution >= 0.6 is 0 Å². The lowest BCUT2D eigenvalue weighted by molar-refractivity contribution is -0.122. The maximum Gasteiger partial charge on any atom is 0.412 e. The molecule has 0 spiro atoms.